The Kier molecular flexibility index (Phi) is 6.53. The molecule has 0 bridgehead atoms. The minimum atomic E-state index is -4.44. The van der Waals surface area contributed by atoms with Crippen molar-refractivity contribution in [1.29, 1.82) is 0 Å². The van der Waals surface area contributed by atoms with E-state index in [0.717, 1.165) is 18.4 Å². The van der Waals surface area contributed by atoms with Crippen molar-refractivity contribution in [3.05, 3.63) is 42.1 Å². The lowest BCUT2D eigenvalue weighted by molar-refractivity contribution is -0.154. The number of rotatable bonds is 6. The molecule has 10 heteroatoms. The van der Waals surface area contributed by atoms with Crippen LogP contribution >= 0.6 is 0 Å². The number of urea groups is 1. The molecule has 0 saturated carbocycles. The Morgan fingerprint density at radius 1 is 1.23 bits per heavy atom. The Morgan fingerprint density at radius 3 is 2.67 bits per heavy atom. The molecule has 1 aromatic heterocycles. The molecule has 1 atom stereocenters. The van der Waals surface area contributed by atoms with Crippen LogP contribution in [-0.2, 0) is 0 Å². The van der Waals surface area contributed by atoms with Crippen LogP contribution in [0.4, 0.5) is 23.7 Å². The highest BCUT2D eigenvalue weighted by Gasteiger charge is 2.32. The van der Waals surface area contributed by atoms with Crippen LogP contribution in [0.1, 0.15) is 24.4 Å². The number of nitrogens with zero attached hydrogens (tertiary/aromatic N) is 2. The Bertz CT molecular complexity index is 875. The van der Waals surface area contributed by atoms with E-state index < -0.39 is 12.8 Å². The largest absolute Gasteiger partial charge is 0.497 e. The van der Waals surface area contributed by atoms with Gasteiger partial charge >= 0.3 is 12.2 Å². The molecule has 1 aliphatic heterocycles. The Morgan fingerprint density at radius 2 is 2.03 bits per heavy atom. The van der Waals surface area contributed by atoms with E-state index in [-0.39, 0.29) is 18.0 Å². The normalized spacial score (nSPS) is 16.3. The predicted molar refractivity (Wildman–Crippen MR) is 103 cm³/mol. The third-order valence-electron chi connectivity index (χ3n) is 4.68. The molecule has 1 fully saturated rings. The number of benzene rings is 1. The van der Waals surface area contributed by atoms with Crippen molar-refractivity contribution in [2.45, 2.75) is 25.1 Å². The molecule has 1 N–H and O–H groups in total. The van der Waals surface area contributed by atoms with E-state index in [0.29, 0.717) is 23.7 Å². The smallest absolute Gasteiger partial charge is 0.422 e. The number of nitrogens with one attached hydrogen (secondary N) is 1. The Hall–Kier alpha value is -3.17. The predicted octanol–water partition coefficient (Wildman–Crippen LogP) is 4.41. The number of amides is 2. The Labute approximate surface area is 171 Å². The van der Waals surface area contributed by atoms with Crippen molar-refractivity contribution in [1.82, 2.24) is 9.88 Å². The van der Waals surface area contributed by atoms with Gasteiger partial charge in [0, 0.05) is 24.2 Å². The number of alkyl halides is 3. The summed E-state index contributed by atoms with van der Waals surface area (Å²) in [6, 6.07) is 7.67. The fourth-order valence-corrected chi connectivity index (χ4v) is 3.32. The van der Waals surface area contributed by atoms with Crippen molar-refractivity contribution >= 4 is 11.7 Å². The number of carbonyl (C=O) groups excluding carboxylic acids is 1. The van der Waals surface area contributed by atoms with Gasteiger partial charge in [-0.3, -0.25) is 0 Å². The van der Waals surface area contributed by atoms with Gasteiger partial charge in [-0.1, -0.05) is 0 Å². The first-order valence-electron chi connectivity index (χ1n) is 9.26. The van der Waals surface area contributed by atoms with Gasteiger partial charge in [0.15, 0.2) is 6.61 Å². The maximum Gasteiger partial charge on any atom is 0.422 e. The van der Waals surface area contributed by atoms with Crippen molar-refractivity contribution in [2.75, 3.05) is 32.7 Å². The minimum Gasteiger partial charge on any atom is -0.497 e. The summed E-state index contributed by atoms with van der Waals surface area (Å²) in [6.45, 7) is -0.864. The third kappa shape index (κ3) is 5.25. The summed E-state index contributed by atoms with van der Waals surface area (Å²) >= 11 is 0. The lowest BCUT2D eigenvalue weighted by atomic mass is 10.0. The number of aromatic nitrogens is 1. The second-order valence-electron chi connectivity index (χ2n) is 6.68. The van der Waals surface area contributed by atoms with Gasteiger partial charge in [-0.15, -0.1) is 0 Å². The molecule has 30 heavy (non-hydrogen) atoms. The maximum absolute atomic E-state index is 12.8. The fraction of sp³-hybridized carbons (Fsp3) is 0.400. The molecule has 2 amide bonds. The number of hydrogen-bond donors (Lipinski definition) is 1. The summed E-state index contributed by atoms with van der Waals surface area (Å²) in [5.74, 6) is 1.11. The highest BCUT2D eigenvalue weighted by atomic mass is 19.4. The first-order chi connectivity index (χ1) is 14.3. The first kappa shape index (κ1) is 21.5. The molecule has 1 aromatic carbocycles. The molecule has 7 nitrogen and oxygen atoms in total. The summed E-state index contributed by atoms with van der Waals surface area (Å²) in [7, 11) is 3.13. The van der Waals surface area contributed by atoms with E-state index in [1.165, 1.54) is 18.3 Å². The summed E-state index contributed by atoms with van der Waals surface area (Å²) in [6.07, 6.45) is -1.58. The lowest BCUT2D eigenvalue weighted by Gasteiger charge is -2.26. The van der Waals surface area contributed by atoms with Gasteiger partial charge in [0.25, 0.3) is 0 Å². The van der Waals surface area contributed by atoms with Gasteiger partial charge in [0.2, 0.25) is 5.88 Å². The third-order valence-corrected chi connectivity index (χ3v) is 4.68. The van der Waals surface area contributed by atoms with Crippen LogP contribution in [0.15, 0.2) is 36.5 Å². The van der Waals surface area contributed by atoms with Crippen LogP contribution in [0.25, 0.3) is 0 Å². The second-order valence-corrected chi connectivity index (χ2v) is 6.68. The summed E-state index contributed by atoms with van der Waals surface area (Å²) in [5.41, 5.74) is 1.23. The van der Waals surface area contributed by atoms with Gasteiger partial charge in [-0.2, -0.15) is 13.2 Å². The topological polar surface area (TPSA) is 72.9 Å². The zero-order valence-corrected chi connectivity index (χ0v) is 16.5. The van der Waals surface area contributed by atoms with Crippen molar-refractivity contribution in [2.24, 2.45) is 0 Å². The van der Waals surface area contributed by atoms with E-state index in [9.17, 15) is 18.0 Å². The van der Waals surface area contributed by atoms with Crippen molar-refractivity contribution in [3.63, 3.8) is 0 Å². The maximum atomic E-state index is 12.8. The number of hydrogen-bond acceptors (Lipinski definition) is 5. The summed E-state index contributed by atoms with van der Waals surface area (Å²) in [4.78, 5) is 18.3. The SMILES string of the molecule is COc1ccc([C@@H]2CCCN2C(=O)Nc2ccc(OCC(F)(F)F)nc2)c(OC)c1. The van der Waals surface area contributed by atoms with Crippen LogP contribution in [0, 0.1) is 0 Å². The highest BCUT2D eigenvalue weighted by molar-refractivity contribution is 5.89. The number of likely N-dealkylation sites (tertiary alicyclic amines) is 1. The molecule has 0 unspecified atom stereocenters. The van der Waals surface area contributed by atoms with Gasteiger partial charge < -0.3 is 24.4 Å². The molecule has 0 spiro atoms. The van der Waals surface area contributed by atoms with Crippen molar-refractivity contribution < 1.29 is 32.2 Å². The molecule has 162 valence electrons. The second kappa shape index (κ2) is 9.10. The van der Waals surface area contributed by atoms with E-state index in [2.05, 4.69) is 15.0 Å². The zero-order valence-electron chi connectivity index (χ0n) is 16.5. The number of ether oxygens (including phenoxy) is 3. The molecular formula is C20H22F3N3O4. The number of methoxy groups -OCH3 is 2. The van der Waals surface area contributed by atoms with Gasteiger partial charge in [0.1, 0.15) is 11.5 Å². The monoisotopic (exact) mass is 425 g/mol. The lowest BCUT2D eigenvalue weighted by Crippen LogP contribution is -2.34. The van der Waals surface area contributed by atoms with E-state index in [1.807, 2.05) is 12.1 Å². The van der Waals surface area contributed by atoms with E-state index in [4.69, 9.17) is 9.47 Å². The molecular weight excluding hydrogens is 403 g/mol. The highest BCUT2D eigenvalue weighted by Crippen LogP contribution is 2.39. The van der Waals surface area contributed by atoms with Gasteiger partial charge in [0.05, 0.1) is 32.1 Å². The molecule has 2 heterocycles. The van der Waals surface area contributed by atoms with Gasteiger partial charge in [-0.25, -0.2) is 9.78 Å². The molecule has 1 aliphatic rings. The van der Waals surface area contributed by atoms with Crippen LogP contribution in [0.2, 0.25) is 0 Å². The number of pyridine rings is 1. The van der Waals surface area contributed by atoms with Crippen molar-refractivity contribution in [3.8, 4) is 17.4 Å². The van der Waals surface area contributed by atoms with Crippen LogP contribution in [0.3, 0.4) is 0 Å². The molecule has 0 aliphatic carbocycles. The molecule has 3 rings (SSSR count). The average molecular weight is 425 g/mol. The number of carbonyl (C=O) groups is 1. The zero-order chi connectivity index (χ0) is 21.7. The van der Waals surface area contributed by atoms with Crippen LogP contribution in [-0.4, -0.2) is 49.5 Å². The number of anilines is 1. The fourth-order valence-electron chi connectivity index (χ4n) is 3.32. The van der Waals surface area contributed by atoms with E-state index >= 15 is 0 Å². The first-order valence-corrected chi connectivity index (χ1v) is 9.26. The molecule has 0 radical (unpaired) electrons. The average Bonchev–Trinajstić information content (AvgIpc) is 3.22. The van der Waals surface area contributed by atoms with E-state index in [1.54, 1.807) is 25.2 Å². The summed E-state index contributed by atoms with van der Waals surface area (Å²) < 4.78 is 51.9. The standard InChI is InChI=1S/C20H22F3N3O4/c1-28-14-6-7-15(17(10-14)29-2)16-4-3-9-26(16)19(27)25-13-5-8-18(24-11-13)30-12-20(21,22)23/h5-8,10-11,16H,3-4,9,12H2,1-2H3,(H,25,27)/t16-/m0/s1. The molecule has 2 aromatic rings. The minimum absolute atomic E-state index is 0.173. The number of halogens is 3. The quantitative estimate of drug-likeness (QED) is 0.742. The Balaban J connectivity index is 1.68. The summed E-state index contributed by atoms with van der Waals surface area (Å²) in [5, 5.41) is 2.72. The molecule has 1 saturated heterocycles. The van der Waals surface area contributed by atoms with Crippen LogP contribution in [0.5, 0.6) is 17.4 Å². The van der Waals surface area contributed by atoms with Crippen LogP contribution < -0.4 is 19.5 Å². The van der Waals surface area contributed by atoms with Gasteiger partial charge in [-0.05, 0) is 31.0 Å².